The Bertz CT molecular complexity index is 341. The zero-order valence-electron chi connectivity index (χ0n) is 6.59. The van der Waals surface area contributed by atoms with E-state index in [1.807, 2.05) is 0 Å². The standard InChI is InChI=1S/C8H7F2NO2/c9-8(10)4-12-7-5(11)2-1-3-6(7)13-8/h1-3H,4,11H2. The summed E-state index contributed by atoms with van der Waals surface area (Å²) >= 11 is 0. The van der Waals surface area contributed by atoms with Crippen LogP contribution in [0.1, 0.15) is 0 Å². The van der Waals surface area contributed by atoms with E-state index >= 15 is 0 Å². The molecule has 0 radical (unpaired) electrons. The van der Waals surface area contributed by atoms with Crippen LogP contribution < -0.4 is 15.2 Å². The van der Waals surface area contributed by atoms with Gasteiger partial charge in [0.2, 0.25) is 0 Å². The Morgan fingerprint density at radius 3 is 2.92 bits per heavy atom. The lowest BCUT2D eigenvalue weighted by molar-refractivity contribution is -0.208. The fourth-order valence-electron chi connectivity index (χ4n) is 1.11. The van der Waals surface area contributed by atoms with Crippen LogP contribution in [0.3, 0.4) is 0 Å². The maximum Gasteiger partial charge on any atom is 0.433 e. The molecule has 13 heavy (non-hydrogen) atoms. The minimum atomic E-state index is -3.26. The van der Waals surface area contributed by atoms with E-state index in [-0.39, 0.29) is 11.5 Å². The van der Waals surface area contributed by atoms with Gasteiger partial charge in [0, 0.05) is 0 Å². The molecule has 1 aliphatic heterocycles. The molecule has 3 nitrogen and oxygen atoms in total. The second-order valence-electron chi connectivity index (χ2n) is 2.70. The zero-order valence-corrected chi connectivity index (χ0v) is 6.59. The summed E-state index contributed by atoms with van der Waals surface area (Å²) in [5, 5.41) is 0. The largest absolute Gasteiger partial charge is 0.477 e. The number of halogens is 2. The summed E-state index contributed by atoms with van der Waals surface area (Å²) in [6.07, 6.45) is -3.26. The number of benzene rings is 1. The summed E-state index contributed by atoms with van der Waals surface area (Å²) in [5.41, 5.74) is 5.78. The SMILES string of the molecule is Nc1cccc2c1OCC(F)(F)O2. The molecular formula is C8H7F2NO2. The zero-order chi connectivity index (χ0) is 9.47. The topological polar surface area (TPSA) is 44.5 Å². The Morgan fingerprint density at radius 2 is 2.15 bits per heavy atom. The molecule has 2 N–H and O–H groups in total. The third-order valence-corrected chi connectivity index (χ3v) is 1.65. The highest BCUT2D eigenvalue weighted by Gasteiger charge is 2.38. The Hall–Kier alpha value is -1.52. The van der Waals surface area contributed by atoms with Gasteiger partial charge in [0.05, 0.1) is 5.69 Å². The average molecular weight is 187 g/mol. The van der Waals surface area contributed by atoms with E-state index in [1.54, 1.807) is 6.07 Å². The molecule has 0 saturated carbocycles. The molecule has 1 heterocycles. The minimum Gasteiger partial charge on any atom is -0.477 e. The molecule has 0 aliphatic carbocycles. The van der Waals surface area contributed by atoms with Crippen molar-refractivity contribution in [1.29, 1.82) is 0 Å². The molecule has 5 heteroatoms. The lowest BCUT2D eigenvalue weighted by Crippen LogP contribution is -2.36. The van der Waals surface area contributed by atoms with Crippen LogP contribution in [0.5, 0.6) is 11.5 Å². The maximum atomic E-state index is 12.6. The van der Waals surface area contributed by atoms with E-state index in [0.717, 1.165) is 0 Å². The summed E-state index contributed by atoms with van der Waals surface area (Å²) in [7, 11) is 0. The molecule has 0 bridgehead atoms. The average Bonchev–Trinajstić information content (AvgIpc) is 2.02. The van der Waals surface area contributed by atoms with Crippen molar-refractivity contribution in [3.8, 4) is 11.5 Å². The molecule has 0 unspecified atom stereocenters. The summed E-state index contributed by atoms with van der Waals surface area (Å²) in [6, 6.07) is 4.48. The van der Waals surface area contributed by atoms with Gasteiger partial charge in [0.25, 0.3) is 0 Å². The number of nitrogens with two attached hydrogens (primary N) is 1. The van der Waals surface area contributed by atoms with Crippen molar-refractivity contribution in [1.82, 2.24) is 0 Å². The van der Waals surface area contributed by atoms with Crippen molar-refractivity contribution >= 4 is 5.69 Å². The van der Waals surface area contributed by atoms with Crippen LogP contribution in [0.4, 0.5) is 14.5 Å². The highest BCUT2D eigenvalue weighted by molar-refractivity contribution is 5.60. The molecule has 0 spiro atoms. The second kappa shape index (κ2) is 2.48. The first-order valence-corrected chi connectivity index (χ1v) is 3.67. The first-order chi connectivity index (χ1) is 6.08. The lowest BCUT2D eigenvalue weighted by atomic mass is 10.2. The fraction of sp³-hybridized carbons (Fsp3) is 0.250. The van der Waals surface area contributed by atoms with Gasteiger partial charge in [-0.3, -0.25) is 0 Å². The summed E-state index contributed by atoms with van der Waals surface area (Å²) in [4.78, 5) is 0. The number of fused-ring (bicyclic) bond motifs is 1. The minimum absolute atomic E-state index is 0.0174. The summed E-state index contributed by atoms with van der Waals surface area (Å²) in [6.45, 7) is -0.797. The number of ether oxygens (including phenoxy) is 2. The third-order valence-electron chi connectivity index (χ3n) is 1.65. The number of anilines is 1. The number of hydrogen-bond donors (Lipinski definition) is 1. The van der Waals surface area contributed by atoms with E-state index in [1.165, 1.54) is 12.1 Å². The number of rotatable bonds is 0. The highest BCUT2D eigenvalue weighted by Crippen LogP contribution is 2.40. The molecule has 70 valence electrons. The molecule has 0 aromatic heterocycles. The molecule has 0 amide bonds. The number of para-hydroxylation sites is 1. The molecule has 0 fully saturated rings. The quantitative estimate of drug-likeness (QED) is 0.628. The smallest absolute Gasteiger partial charge is 0.433 e. The van der Waals surface area contributed by atoms with E-state index in [0.29, 0.717) is 5.69 Å². The predicted molar refractivity (Wildman–Crippen MR) is 41.9 cm³/mol. The number of hydrogen-bond acceptors (Lipinski definition) is 3. The van der Waals surface area contributed by atoms with Gasteiger partial charge in [-0.25, -0.2) is 0 Å². The van der Waals surface area contributed by atoms with Gasteiger partial charge in [-0.15, -0.1) is 0 Å². The van der Waals surface area contributed by atoms with Gasteiger partial charge in [-0.1, -0.05) is 6.07 Å². The molecule has 1 aromatic carbocycles. The summed E-state index contributed by atoms with van der Waals surface area (Å²) < 4.78 is 34.4. The Kier molecular flexibility index (Phi) is 1.55. The van der Waals surface area contributed by atoms with Gasteiger partial charge in [-0.2, -0.15) is 8.78 Å². The van der Waals surface area contributed by atoms with Crippen molar-refractivity contribution in [2.24, 2.45) is 0 Å². The van der Waals surface area contributed by atoms with E-state index in [9.17, 15) is 8.78 Å². The van der Waals surface area contributed by atoms with Gasteiger partial charge in [0.15, 0.2) is 18.1 Å². The Balaban J connectivity index is 2.42. The van der Waals surface area contributed by atoms with Crippen molar-refractivity contribution in [2.75, 3.05) is 12.3 Å². The van der Waals surface area contributed by atoms with Crippen LogP contribution in [-0.2, 0) is 0 Å². The van der Waals surface area contributed by atoms with E-state index in [4.69, 9.17) is 10.5 Å². The van der Waals surface area contributed by atoms with Gasteiger partial charge < -0.3 is 15.2 Å². The molecule has 2 rings (SSSR count). The van der Waals surface area contributed by atoms with Gasteiger partial charge in [-0.05, 0) is 12.1 Å². The van der Waals surface area contributed by atoms with Crippen molar-refractivity contribution in [2.45, 2.75) is 6.11 Å². The number of alkyl halides is 2. The van der Waals surface area contributed by atoms with Crippen LogP contribution in [0.15, 0.2) is 18.2 Å². The van der Waals surface area contributed by atoms with Crippen LogP contribution >= 0.6 is 0 Å². The van der Waals surface area contributed by atoms with Crippen LogP contribution in [0.25, 0.3) is 0 Å². The molecule has 1 aromatic rings. The first-order valence-electron chi connectivity index (χ1n) is 3.67. The highest BCUT2D eigenvalue weighted by atomic mass is 19.3. The van der Waals surface area contributed by atoms with Crippen LogP contribution in [0.2, 0.25) is 0 Å². The summed E-state index contributed by atoms with van der Waals surface area (Å²) in [5.74, 6) is 0.171. The van der Waals surface area contributed by atoms with Gasteiger partial charge in [0.1, 0.15) is 0 Å². The normalized spacial score (nSPS) is 18.3. The van der Waals surface area contributed by atoms with Crippen molar-refractivity contribution in [3.63, 3.8) is 0 Å². The number of nitrogen functional groups attached to an aromatic ring is 1. The Labute approximate surface area is 73.1 Å². The van der Waals surface area contributed by atoms with Crippen LogP contribution in [0, 0.1) is 0 Å². The van der Waals surface area contributed by atoms with Crippen molar-refractivity contribution < 1.29 is 18.3 Å². The fourth-order valence-corrected chi connectivity index (χ4v) is 1.11. The molecular weight excluding hydrogens is 180 g/mol. The first kappa shape index (κ1) is 8.10. The molecule has 1 aliphatic rings. The Morgan fingerprint density at radius 1 is 1.38 bits per heavy atom. The molecule has 0 atom stereocenters. The lowest BCUT2D eigenvalue weighted by Gasteiger charge is -2.26. The monoisotopic (exact) mass is 187 g/mol. The van der Waals surface area contributed by atoms with Gasteiger partial charge >= 0.3 is 6.11 Å². The maximum absolute atomic E-state index is 12.6. The van der Waals surface area contributed by atoms with Crippen LogP contribution in [-0.4, -0.2) is 12.7 Å². The van der Waals surface area contributed by atoms with Crippen molar-refractivity contribution in [3.05, 3.63) is 18.2 Å². The second-order valence-corrected chi connectivity index (χ2v) is 2.70. The van der Waals surface area contributed by atoms with E-state index in [2.05, 4.69) is 4.74 Å². The predicted octanol–water partition coefficient (Wildman–Crippen LogP) is 1.63. The third kappa shape index (κ3) is 1.37. The van der Waals surface area contributed by atoms with E-state index < -0.39 is 12.7 Å². The molecule has 0 saturated heterocycles.